The minimum atomic E-state index is -0.478. The number of fused-ring (bicyclic) bond motifs is 2. The summed E-state index contributed by atoms with van der Waals surface area (Å²) in [5.74, 6) is -0.478. The van der Waals surface area contributed by atoms with Crippen LogP contribution in [0.3, 0.4) is 0 Å². The van der Waals surface area contributed by atoms with E-state index in [4.69, 9.17) is 22.1 Å². The Labute approximate surface area is 140 Å². The molecule has 120 valence electrons. The first-order valence-corrected chi connectivity index (χ1v) is 8.82. The quantitative estimate of drug-likeness (QED) is 0.675. The molecule has 2 saturated heterocycles. The van der Waals surface area contributed by atoms with Crippen LogP contribution < -0.4 is 5.73 Å². The summed E-state index contributed by atoms with van der Waals surface area (Å²) in [6, 6.07) is 5.02. The lowest BCUT2D eigenvalue weighted by Gasteiger charge is -2.36. The van der Waals surface area contributed by atoms with Crippen LogP contribution in [0, 0.1) is 0 Å². The van der Waals surface area contributed by atoms with Gasteiger partial charge in [0.15, 0.2) is 0 Å². The molecule has 2 aliphatic rings. The van der Waals surface area contributed by atoms with Gasteiger partial charge in [-0.15, -0.1) is 11.8 Å². The Morgan fingerprint density at radius 2 is 2.00 bits per heavy atom. The minimum absolute atomic E-state index is 0.282. The van der Waals surface area contributed by atoms with Crippen LogP contribution in [0.25, 0.3) is 0 Å². The molecule has 0 saturated carbocycles. The second-order valence-electron chi connectivity index (χ2n) is 6.10. The molecule has 22 heavy (non-hydrogen) atoms. The highest BCUT2D eigenvalue weighted by Gasteiger charge is 2.38. The van der Waals surface area contributed by atoms with Crippen LogP contribution in [-0.2, 0) is 4.74 Å². The molecule has 0 amide bonds. The van der Waals surface area contributed by atoms with E-state index < -0.39 is 5.97 Å². The third kappa shape index (κ3) is 2.82. The molecule has 2 unspecified atom stereocenters. The summed E-state index contributed by atoms with van der Waals surface area (Å²) in [4.78, 5) is 15.3. The normalized spacial score (nSPS) is 27.9. The minimum Gasteiger partial charge on any atom is -0.465 e. The van der Waals surface area contributed by atoms with E-state index >= 15 is 0 Å². The van der Waals surface area contributed by atoms with Gasteiger partial charge in [0.05, 0.1) is 12.1 Å². The average molecular weight is 341 g/mol. The highest BCUT2D eigenvalue weighted by Crippen LogP contribution is 2.44. The summed E-state index contributed by atoms with van der Waals surface area (Å²) in [6.07, 6.45) is 4.93. The van der Waals surface area contributed by atoms with Crippen LogP contribution in [0.1, 0.15) is 36.0 Å². The molecule has 0 spiro atoms. The predicted octanol–water partition coefficient (Wildman–Crippen LogP) is 3.43. The first-order valence-electron chi connectivity index (χ1n) is 7.56. The first kappa shape index (κ1) is 16.0. The first-order chi connectivity index (χ1) is 10.5. The maximum Gasteiger partial charge on any atom is 0.341 e. The lowest BCUT2D eigenvalue weighted by molar-refractivity contribution is 0.0602. The maximum absolute atomic E-state index is 11.9. The monoisotopic (exact) mass is 340 g/mol. The summed E-state index contributed by atoms with van der Waals surface area (Å²) in [6.45, 7) is 0. The Hall–Kier alpha value is -0.910. The largest absolute Gasteiger partial charge is 0.465 e. The molecule has 3 rings (SSSR count). The second kappa shape index (κ2) is 6.30. The van der Waals surface area contributed by atoms with E-state index in [1.54, 1.807) is 17.8 Å². The number of hydrogen-bond acceptors (Lipinski definition) is 5. The zero-order valence-corrected chi connectivity index (χ0v) is 14.4. The molecule has 2 heterocycles. The number of nitrogen functional groups attached to an aromatic ring is 1. The molecule has 0 aromatic heterocycles. The molecule has 6 heteroatoms. The number of hydrogen-bond donors (Lipinski definition) is 1. The Bertz CT molecular complexity index is 582. The summed E-state index contributed by atoms with van der Waals surface area (Å²) >= 11 is 8.18. The number of nitrogens with zero attached hydrogens (tertiary/aromatic N) is 1. The van der Waals surface area contributed by atoms with Gasteiger partial charge in [0.25, 0.3) is 0 Å². The Balaban J connectivity index is 1.80. The van der Waals surface area contributed by atoms with Crippen LogP contribution in [0.2, 0.25) is 5.02 Å². The van der Waals surface area contributed by atoms with E-state index in [-0.39, 0.29) is 5.56 Å². The number of halogens is 1. The summed E-state index contributed by atoms with van der Waals surface area (Å²) < 4.78 is 4.78. The average Bonchev–Trinajstić information content (AvgIpc) is 2.72. The molecule has 2 N–H and O–H groups in total. The number of esters is 1. The van der Waals surface area contributed by atoms with Gasteiger partial charge in [0.2, 0.25) is 0 Å². The molecule has 0 radical (unpaired) electrons. The van der Waals surface area contributed by atoms with Crippen molar-refractivity contribution in [3.05, 3.63) is 22.7 Å². The molecule has 2 atom stereocenters. The molecule has 1 aromatic carbocycles. The van der Waals surface area contributed by atoms with Crippen molar-refractivity contribution in [3.8, 4) is 0 Å². The van der Waals surface area contributed by atoms with E-state index in [9.17, 15) is 4.79 Å². The molecule has 0 aliphatic carbocycles. The van der Waals surface area contributed by atoms with E-state index in [1.807, 2.05) is 6.07 Å². The third-order valence-electron chi connectivity index (χ3n) is 4.88. The van der Waals surface area contributed by atoms with Crippen molar-refractivity contribution < 1.29 is 9.53 Å². The van der Waals surface area contributed by atoms with E-state index in [1.165, 1.54) is 32.8 Å². The van der Waals surface area contributed by atoms with Crippen LogP contribution >= 0.6 is 23.4 Å². The lowest BCUT2D eigenvalue weighted by atomic mass is 10.0. The number of anilines is 1. The van der Waals surface area contributed by atoms with Gasteiger partial charge in [-0.3, -0.25) is 0 Å². The van der Waals surface area contributed by atoms with Gasteiger partial charge >= 0.3 is 5.97 Å². The topological polar surface area (TPSA) is 55.6 Å². The maximum atomic E-state index is 11.9. The molecule has 2 bridgehead atoms. The van der Waals surface area contributed by atoms with Crippen LogP contribution in [0.4, 0.5) is 5.69 Å². The number of benzene rings is 1. The number of carbonyl (C=O) groups is 1. The third-order valence-corrected chi connectivity index (χ3v) is 6.69. The number of carbonyl (C=O) groups excluding carboxylic acids is 1. The van der Waals surface area contributed by atoms with Crippen LogP contribution in [0.5, 0.6) is 0 Å². The van der Waals surface area contributed by atoms with Crippen molar-refractivity contribution in [3.63, 3.8) is 0 Å². The number of thioether (sulfide) groups is 1. The van der Waals surface area contributed by atoms with Crippen LogP contribution in [0.15, 0.2) is 17.0 Å². The van der Waals surface area contributed by atoms with Crippen molar-refractivity contribution >= 4 is 35.0 Å². The molecule has 4 nitrogen and oxygen atoms in total. The zero-order valence-electron chi connectivity index (χ0n) is 12.8. The smallest absolute Gasteiger partial charge is 0.341 e. The van der Waals surface area contributed by atoms with Crippen molar-refractivity contribution in [2.24, 2.45) is 0 Å². The molecule has 2 aliphatic heterocycles. The summed E-state index contributed by atoms with van der Waals surface area (Å²) in [7, 11) is 3.57. The number of ether oxygens (including phenoxy) is 1. The molecule has 1 aromatic rings. The second-order valence-corrected chi connectivity index (χ2v) is 7.82. The lowest BCUT2D eigenvalue weighted by Crippen LogP contribution is -2.40. The molecular weight excluding hydrogens is 320 g/mol. The van der Waals surface area contributed by atoms with Gasteiger partial charge in [-0.25, -0.2) is 4.79 Å². The van der Waals surface area contributed by atoms with Gasteiger partial charge in [-0.1, -0.05) is 11.6 Å². The Morgan fingerprint density at radius 3 is 2.59 bits per heavy atom. The van der Waals surface area contributed by atoms with Crippen molar-refractivity contribution in [1.82, 2.24) is 4.90 Å². The predicted molar refractivity (Wildman–Crippen MR) is 90.7 cm³/mol. The van der Waals surface area contributed by atoms with Gasteiger partial charge in [-0.2, -0.15) is 0 Å². The Morgan fingerprint density at radius 1 is 1.36 bits per heavy atom. The van der Waals surface area contributed by atoms with Gasteiger partial charge < -0.3 is 15.4 Å². The molecular formula is C16H21ClN2O2S. The van der Waals surface area contributed by atoms with Gasteiger partial charge in [0, 0.05) is 27.9 Å². The number of piperidine rings is 1. The standard InChI is InChI=1S/C16H21ClN2O2S/c1-19-9-3-4-10(19)8-11(7-9)22-13-6-5-12(18)14(15(13)17)16(20)21-2/h5-6,9-11H,3-4,7-8,18H2,1-2H3. The summed E-state index contributed by atoms with van der Waals surface area (Å²) in [5.41, 5.74) is 6.52. The van der Waals surface area contributed by atoms with Crippen LogP contribution in [-0.4, -0.2) is 42.4 Å². The van der Waals surface area contributed by atoms with Crippen molar-refractivity contribution in [1.29, 1.82) is 0 Å². The van der Waals surface area contributed by atoms with E-state index in [0.717, 1.165) is 4.90 Å². The van der Waals surface area contributed by atoms with Crippen molar-refractivity contribution in [2.75, 3.05) is 19.9 Å². The number of nitrogens with two attached hydrogens (primary N) is 1. The number of rotatable bonds is 3. The fraction of sp³-hybridized carbons (Fsp3) is 0.562. The van der Waals surface area contributed by atoms with Crippen molar-refractivity contribution in [2.45, 2.75) is 47.9 Å². The van der Waals surface area contributed by atoms with E-state index in [2.05, 4.69) is 11.9 Å². The zero-order chi connectivity index (χ0) is 15.9. The SMILES string of the molecule is COC(=O)c1c(N)ccc(SC2CC3CCC(C2)N3C)c1Cl. The fourth-order valence-corrected chi connectivity index (χ4v) is 5.34. The van der Waals surface area contributed by atoms with Gasteiger partial charge in [0.1, 0.15) is 5.56 Å². The highest BCUT2D eigenvalue weighted by molar-refractivity contribution is 8.00. The van der Waals surface area contributed by atoms with E-state index in [0.29, 0.717) is 28.0 Å². The molecule has 2 fully saturated rings. The number of methoxy groups -OCH3 is 1. The highest BCUT2D eigenvalue weighted by atomic mass is 35.5. The summed E-state index contributed by atoms with van der Waals surface area (Å²) in [5, 5.41) is 0.962. The Kier molecular flexibility index (Phi) is 4.57. The fourth-order valence-electron chi connectivity index (χ4n) is 3.61. The van der Waals surface area contributed by atoms with Gasteiger partial charge in [-0.05, 0) is 44.9 Å².